The average molecular weight is 428 g/mol. The minimum absolute atomic E-state index is 0.00970. The van der Waals surface area contributed by atoms with E-state index in [1.165, 1.54) is 12.1 Å². The molecule has 7 nitrogen and oxygen atoms in total. The SMILES string of the molecule is Cc1ccc(-c2n[nH]c(=S)n2CC(=O)NCCNC(=O)Cc2cccc(F)c2)cc1. The van der Waals surface area contributed by atoms with E-state index in [1.54, 1.807) is 16.7 Å². The summed E-state index contributed by atoms with van der Waals surface area (Å²) < 4.78 is 15.1. The lowest BCUT2D eigenvalue weighted by Gasteiger charge is -2.09. The maximum atomic E-state index is 13.2. The highest BCUT2D eigenvalue weighted by Crippen LogP contribution is 2.17. The standard InChI is InChI=1S/C21H22FN5O2S/c1-14-5-7-16(8-6-14)20-25-26-21(30)27(20)13-19(29)24-10-9-23-18(28)12-15-3-2-4-17(22)11-15/h2-8,11H,9-10,12-13H2,1H3,(H,23,28)(H,24,29)(H,26,30). The highest BCUT2D eigenvalue weighted by atomic mass is 32.1. The van der Waals surface area contributed by atoms with Crippen molar-refractivity contribution in [2.24, 2.45) is 0 Å². The van der Waals surface area contributed by atoms with Gasteiger partial charge in [-0.05, 0) is 36.8 Å². The molecule has 3 N–H and O–H groups in total. The molecule has 0 saturated carbocycles. The highest BCUT2D eigenvalue weighted by Gasteiger charge is 2.12. The molecular formula is C21H22FN5O2S. The highest BCUT2D eigenvalue weighted by molar-refractivity contribution is 7.71. The summed E-state index contributed by atoms with van der Waals surface area (Å²) in [6.45, 7) is 2.53. The van der Waals surface area contributed by atoms with Crippen molar-refractivity contribution >= 4 is 24.0 Å². The van der Waals surface area contributed by atoms with E-state index in [0.29, 0.717) is 16.2 Å². The first-order chi connectivity index (χ1) is 14.4. The fraction of sp³-hybridized carbons (Fsp3) is 0.238. The summed E-state index contributed by atoms with van der Waals surface area (Å²) in [6, 6.07) is 13.7. The molecule has 2 aromatic carbocycles. The van der Waals surface area contributed by atoms with E-state index in [0.717, 1.165) is 11.1 Å². The van der Waals surface area contributed by atoms with Crippen molar-refractivity contribution in [2.45, 2.75) is 19.9 Å². The van der Waals surface area contributed by atoms with Crippen molar-refractivity contribution in [3.8, 4) is 11.4 Å². The van der Waals surface area contributed by atoms with Crippen LogP contribution in [0.5, 0.6) is 0 Å². The van der Waals surface area contributed by atoms with Gasteiger partial charge in [0.25, 0.3) is 0 Å². The summed E-state index contributed by atoms with van der Waals surface area (Å²) >= 11 is 5.24. The molecule has 156 valence electrons. The van der Waals surface area contributed by atoms with Gasteiger partial charge in [0.1, 0.15) is 12.4 Å². The topological polar surface area (TPSA) is 91.8 Å². The summed E-state index contributed by atoms with van der Waals surface area (Å²) in [7, 11) is 0. The Balaban J connectivity index is 1.47. The minimum Gasteiger partial charge on any atom is -0.354 e. The number of halogens is 1. The average Bonchev–Trinajstić information content (AvgIpc) is 3.06. The van der Waals surface area contributed by atoms with Crippen LogP contribution in [-0.4, -0.2) is 39.7 Å². The first-order valence-corrected chi connectivity index (χ1v) is 9.83. The van der Waals surface area contributed by atoms with E-state index >= 15 is 0 Å². The summed E-state index contributed by atoms with van der Waals surface area (Å²) in [5.74, 6) is -0.289. The third-order valence-electron chi connectivity index (χ3n) is 4.39. The van der Waals surface area contributed by atoms with E-state index < -0.39 is 0 Å². The van der Waals surface area contributed by atoms with Crippen LogP contribution in [0.3, 0.4) is 0 Å². The third kappa shape index (κ3) is 5.84. The number of nitrogens with zero attached hydrogens (tertiary/aromatic N) is 2. The Bertz CT molecular complexity index is 1090. The molecule has 30 heavy (non-hydrogen) atoms. The van der Waals surface area contributed by atoms with Crippen LogP contribution in [-0.2, 0) is 22.6 Å². The van der Waals surface area contributed by atoms with Gasteiger partial charge in [0, 0.05) is 18.7 Å². The number of hydrogen-bond acceptors (Lipinski definition) is 4. The zero-order chi connectivity index (χ0) is 21.5. The fourth-order valence-electron chi connectivity index (χ4n) is 2.89. The molecule has 0 atom stereocenters. The Hall–Kier alpha value is -3.33. The summed E-state index contributed by atoms with van der Waals surface area (Å²) in [4.78, 5) is 24.2. The Kier molecular flexibility index (Phi) is 7.08. The van der Waals surface area contributed by atoms with Gasteiger partial charge < -0.3 is 10.6 Å². The number of amides is 2. The first kappa shape index (κ1) is 21.4. The van der Waals surface area contributed by atoms with Gasteiger partial charge in [-0.3, -0.25) is 19.3 Å². The van der Waals surface area contributed by atoms with E-state index in [4.69, 9.17) is 12.2 Å². The molecule has 3 rings (SSSR count). The maximum absolute atomic E-state index is 13.2. The Morgan fingerprint density at radius 1 is 1.10 bits per heavy atom. The van der Waals surface area contributed by atoms with Crippen molar-refractivity contribution in [3.63, 3.8) is 0 Å². The number of H-pyrrole nitrogens is 1. The molecule has 0 unspecified atom stereocenters. The summed E-state index contributed by atoms with van der Waals surface area (Å²) in [5.41, 5.74) is 2.57. The predicted molar refractivity (Wildman–Crippen MR) is 114 cm³/mol. The molecule has 0 bridgehead atoms. The molecule has 0 radical (unpaired) electrons. The normalized spacial score (nSPS) is 10.6. The second-order valence-electron chi connectivity index (χ2n) is 6.81. The number of aryl methyl sites for hydroxylation is 1. The van der Waals surface area contributed by atoms with Gasteiger partial charge in [0.15, 0.2) is 10.6 Å². The molecule has 1 aromatic heterocycles. The smallest absolute Gasteiger partial charge is 0.240 e. The summed E-state index contributed by atoms with van der Waals surface area (Å²) in [6.07, 6.45) is 0.0792. The largest absolute Gasteiger partial charge is 0.354 e. The molecule has 0 saturated heterocycles. The van der Waals surface area contributed by atoms with Crippen LogP contribution in [0.25, 0.3) is 11.4 Å². The molecule has 1 heterocycles. The minimum atomic E-state index is -0.379. The van der Waals surface area contributed by atoms with Crippen molar-refractivity contribution in [1.29, 1.82) is 0 Å². The summed E-state index contributed by atoms with van der Waals surface area (Å²) in [5, 5.41) is 12.4. The second kappa shape index (κ2) is 9.93. The zero-order valence-corrected chi connectivity index (χ0v) is 17.3. The molecule has 0 aliphatic rings. The quantitative estimate of drug-likeness (QED) is 0.381. The molecule has 9 heteroatoms. The van der Waals surface area contributed by atoms with Crippen LogP contribution >= 0.6 is 12.2 Å². The fourth-order valence-corrected chi connectivity index (χ4v) is 3.08. The van der Waals surface area contributed by atoms with Crippen molar-refractivity contribution < 1.29 is 14.0 Å². The predicted octanol–water partition coefficient (Wildman–Crippen LogP) is 2.53. The number of carbonyl (C=O) groups excluding carboxylic acids is 2. The Morgan fingerprint density at radius 2 is 1.80 bits per heavy atom. The molecule has 2 amide bonds. The second-order valence-corrected chi connectivity index (χ2v) is 7.20. The van der Waals surface area contributed by atoms with Gasteiger partial charge in [0.05, 0.1) is 6.42 Å². The maximum Gasteiger partial charge on any atom is 0.240 e. The molecule has 0 aliphatic carbocycles. The van der Waals surface area contributed by atoms with Gasteiger partial charge in [-0.2, -0.15) is 5.10 Å². The molecular weight excluding hydrogens is 405 g/mol. The monoisotopic (exact) mass is 427 g/mol. The first-order valence-electron chi connectivity index (χ1n) is 9.42. The van der Waals surface area contributed by atoms with E-state index in [2.05, 4.69) is 20.8 Å². The number of nitrogens with one attached hydrogen (secondary N) is 3. The van der Waals surface area contributed by atoms with Crippen molar-refractivity contribution in [3.05, 3.63) is 70.2 Å². The van der Waals surface area contributed by atoms with E-state index in [9.17, 15) is 14.0 Å². The molecule has 0 fully saturated rings. The lowest BCUT2D eigenvalue weighted by Crippen LogP contribution is -2.36. The molecule has 3 aromatic rings. The van der Waals surface area contributed by atoms with E-state index in [-0.39, 0.29) is 43.7 Å². The zero-order valence-electron chi connectivity index (χ0n) is 16.4. The van der Waals surface area contributed by atoms with Crippen molar-refractivity contribution in [1.82, 2.24) is 25.4 Å². The number of rotatable bonds is 8. The third-order valence-corrected chi connectivity index (χ3v) is 4.70. The van der Waals surface area contributed by atoms with Gasteiger partial charge in [-0.15, -0.1) is 0 Å². The van der Waals surface area contributed by atoms with Gasteiger partial charge in [-0.25, -0.2) is 4.39 Å². The Morgan fingerprint density at radius 3 is 2.50 bits per heavy atom. The molecule has 0 spiro atoms. The van der Waals surface area contributed by atoms with Crippen molar-refractivity contribution in [2.75, 3.05) is 13.1 Å². The van der Waals surface area contributed by atoms with Crippen LogP contribution in [0, 0.1) is 17.5 Å². The lowest BCUT2D eigenvalue weighted by molar-refractivity contribution is -0.123. The number of hydrogen-bond donors (Lipinski definition) is 3. The van der Waals surface area contributed by atoms with Gasteiger partial charge in [-0.1, -0.05) is 42.0 Å². The molecule has 0 aliphatic heterocycles. The lowest BCUT2D eigenvalue weighted by atomic mass is 10.1. The van der Waals surface area contributed by atoms with Gasteiger partial charge in [0.2, 0.25) is 11.8 Å². The number of carbonyl (C=O) groups is 2. The van der Waals surface area contributed by atoms with Crippen LogP contribution in [0.1, 0.15) is 11.1 Å². The van der Waals surface area contributed by atoms with Crippen LogP contribution in [0.2, 0.25) is 0 Å². The van der Waals surface area contributed by atoms with Crippen LogP contribution < -0.4 is 10.6 Å². The van der Waals surface area contributed by atoms with Gasteiger partial charge >= 0.3 is 0 Å². The van der Waals surface area contributed by atoms with Crippen LogP contribution in [0.4, 0.5) is 4.39 Å². The number of benzene rings is 2. The number of aromatic amines is 1. The van der Waals surface area contributed by atoms with E-state index in [1.807, 2.05) is 31.2 Å². The Labute approximate surface area is 178 Å². The van der Waals surface area contributed by atoms with Crippen LogP contribution in [0.15, 0.2) is 48.5 Å². The number of aromatic nitrogens is 3.